The van der Waals surface area contributed by atoms with Gasteiger partial charge in [0.2, 0.25) is 5.91 Å². The van der Waals surface area contributed by atoms with Gasteiger partial charge in [0, 0.05) is 6.54 Å². The summed E-state index contributed by atoms with van der Waals surface area (Å²) in [5, 5.41) is 2.90. The minimum Gasteiger partial charge on any atom is -0.493 e. The number of nitrogens with one attached hydrogen (secondary N) is 1. The maximum Gasteiger partial charge on any atom is 0.237 e. The Bertz CT molecular complexity index is 477. The van der Waals surface area contributed by atoms with Crippen LogP contribution < -0.4 is 20.5 Å². The van der Waals surface area contributed by atoms with Gasteiger partial charge < -0.3 is 20.5 Å². The molecular formula is C17H28N2O3. The molecule has 0 saturated carbocycles. The quantitative estimate of drug-likeness (QED) is 0.685. The summed E-state index contributed by atoms with van der Waals surface area (Å²) in [5.41, 5.74) is 7.04. The molecule has 1 aromatic rings. The molecule has 124 valence electrons. The standard InChI is InChI=1S/C17H28N2O3/c1-5-12(2)16(18)17(20)19-10-6-7-13-8-9-14(21-3)15(11-13)22-4/h8-9,11-12,16H,5-7,10,18H2,1-4H3,(H,19,20). The van der Waals surface area contributed by atoms with E-state index in [0.717, 1.165) is 36.3 Å². The first-order chi connectivity index (χ1) is 10.5. The van der Waals surface area contributed by atoms with Crippen LogP contribution in [0.15, 0.2) is 18.2 Å². The predicted molar refractivity (Wildman–Crippen MR) is 88.3 cm³/mol. The van der Waals surface area contributed by atoms with Crippen LogP contribution in [-0.4, -0.2) is 32.7 Å². The zero-order chi connectivity index (χ0) is 16.5. The molecule has 5 heteroatoms. The molecule has 2 atom stereocenters. The average molecular weight is 308 g/mol. The first kappa shape index (κ1) is 18.3. The lowest BCUT2D eigenvalue weighted by Gasteiger charge is -2.17. The van der Waals surface area contributed by atoms with Crippen molar-refractivity contribution >= 4 is 5.91 Å². The molecule has 0 fully saturated rings. The van der Waals surface area contributed by atoms with Crippen molar-refractivity contribution in [3.63, 3.8) is 0 Å². The monoisotopic (exact) mass is 308 g/mol. The summed E-state index contributed by atoms with van der Waals surface area (Å²) >= 11 is 0. The number of ether oxygens (including phenoxy) is 2. The number of hydrogen-bond acceptors (Lipinski definition) is 4. The number of methoxy groups -OCH3 is 2. The zero-order valence-electron chi connectivity index (χ0n) is 14.0. The van der Waals surface area contributed by atoms with Crippen molar-refractivity contribution in [1.82, 2.24) is 5.32 Å². The summed E-state index contributed by atoms with van der Waals surface area (Å²) in [5.74, 6) is 1.58. The van der Waals surface area contributed by atoms with Gasteiger partial charge in [0.05, 0.1) is 20.3 Å². The number of carbonyl (C=O) groups is 1. The summed E-state index contributed by atoms with van der Waals surface area (Å²) in [4.78, 5) is 11.9. The lowest BCUT2D eigenvalue weighted by molar-refractivity contribution is -0.123. The van der Waals surface area contributed by atoms with E-state index < -0.39 is 6.04 Å². The molecule has 1 aromatic carbocycles. The topological polar surface area (TPSA) is 73.6 Å². The first-order valence-electron chi connectivity index (χ1n) is 7.77. The Balaban J connectivity index is 2.40. The molecule has 1 rings (SSSR count). The van der Waals surface area contributed by atoms with Gasteiger partial charge in [-0.1, -0.05) is 26.3 Å². The zero-order valence-corrected chi connectivity index (χ0v) is 14.0. The van der Waals surface area contributed by atoms with Crippen LogP contribution in [0, 0.1) is 5.92 Å². The molecular weight excluding hydrogens is 280 g/mol. The van der Waals surface area contributed by atoms with Crippen LogP contribution in [0.2, 0.25) is 0 Å². The third-order valence-corrected chi connectivity index (χ3v) is 3.95. The maximum atomic E-state index is 11.9. The largest absolute Gasteiger partial charge is 0.493 e. The Hall–Kier alpha value is -1.75. The number of benzene rings is 1. The third kappa shape index (κ3) is 5.22. The molecule has 0 aliphatic carbocycles. The predicted octanol–water partition coefficient (Wildman–Crippen LogP) is 2.13. The number of rotatable bonds is 9. The van der Waals surface area contributed by atoms with Crippen molar-refractivity contribution in [1.29, 1.82) is 0 Å². The summed E-state index contributed by atoms with van der Waals surface area (Å²) < 4.78 is 10.5. The van der Waals surface area contributed by atoms with Crippen molar-refractivity contribution in [2.45, 2.75) is 39.2 Å². The molecule has 5 nitrogen and oxygen atoms in total. The number of nitrogens with two attached hydrogens (primary N) is 1. The van der Waals surface area contributed by atoms with Gasteiger partial charge >= 0.3 is 0 Å². The highest BCUT2D eigenvalue weighted by Gasteiger charge is 2.18. The third-order valence-electron chi connectivity index (χ3n) is 3.95. The van der Waals surface area contributed by atoms with Gasteiger partial charge in [-0.05, 0) is 36.5 Å². The summed E-state index contributed by atoms with van der Waals surface area (Å²) in [6.07, 6.45) is 2.62. The summed E-state index contributed by atoms with van der Waals surface area (Å²) in [7, 11) is 3.24. The molecule has 0 aromatic heterocycles. The maximum absolute atomic E-state index is 11.9. The number of amides is 1. The van der Waals surface area contributed by atoms with Crippen LogP contribution in [0.3, 0.4) is 0 Å². The summed E-state index contributed by atoms with van der Waals surface area (Å²) in [6.45, 7) is 4.65. The van der Waals surface area contributed by atoms with Crippen molar-refractivity contribution < 1.29 is 14.3 Å². The lowest BCUT2D eigenvalue weighted by atomic mass is 9.99. The van der Waals surface area contributed by atoms with Crippen molar-refractivity contribution in [3.05, 3.63) is 23.8 Å². The molecule has 0 radical (unpaired) electrons. The highest BCUT2D eigenvalue weighted by atomic mass is 16.5. The van der Waals surface area contributed by atoms with E-state index in [9.17, 15) is 4.79 Å². The second-order valence-electron chi connectivity index (χ2n) is 5.50. The van der Waals surface area contributed by atoms with Crippen molar-refractivity contribution in [3.8, 4) is 11.5 Å². The fraction of sp³-hybridized carbons (Fsp3) is 0.588. The fourth-order valence-corrected chi connectivity index (χ4v) is 2.17. The molecule has 22 heavy (non-hydrogen) atoms. The van der Waals surface area contributed by atoms with E-state index in [4.69, 9.17) is 15.2 Å². The Kier molecular flexibility index (Phi) is 7.74. The molecule has 0 spiro atoms. The van der Waals surface area contributed by atoms with Gasteiger partial charge in [-0.15, -0.1) is 0 Å². The fourth-order valence-electron chi connectivity index (χ4n) is 2.17. The first-order valence-corrected chi connectivity index (χ1v) is 7.77. The Morgan fingerprint density at radius 3 is 2.55 bits per heavy atom. The second-order valence-corrected chi connectivity index (χ2v) is 5.50. The minimum absolute atomic E-state index is 0.0679. The highest BCUT2D eigenvalue weighted by Crippen LogP contribution is 2.27. The van der Waals surface area contributed by atoms with Crippen molar-refractivity contribution in [2.75, 3.05) is 20.8 Å². The molecule has 0 heterocycles. The van der Waals surface area contributed by atoms with Crippen LogP contribution in [0.1, 0.15) is 32.3 Å². The Morgan fingerprint density at radius 2 is 1.95 bits per heavy atom. The van der Waals surface area contributed by atoms with Crippen LogP contribution in [-0.2, 0) is 11.2 Å². The average Bonchev–Trinajstić information content (AvgIpc) is 2.56. The number of hydrogen-bond donors (Lipinski definition) is 2. The van der Waals surface area contributed by atoms with E-state index in [2.05, 4.69) is 5.32 Å². The van der Waals surface area contributed by atoms with Gasteiger partial charge in [0.25, 0.3) is 0 Å². The molecule has 2 unspecified atom stereocenters. The van der Waals surface area contributed by atoms with Crippen LogP contribution in [0.5, 0.6) is 11.5 Å². The number of carbonyl (C=O) groups excluding carboxylic acids is 1. The second kappa shape index (κ2) is 9.30. The van der Waals surface area contributed by atoms with Gasteiger partial charge in [-0.25, -0.2) is 0 Å². The number of aryl methyl sites for hydroxylation is 1. The van der Waals surface area contributed by atoms with Gasteiger partial charge in [0.15, 0.2) is 11.5 Å². The van der Waals surface area contributed by atoms with Crippen LogP contribution >= 0.6 is 0 Å². The van der Waals surface area contributed by atoms with Gasteiger partial charge in [-0.3, -0.25) is 4.79 Å². The van der Waals surface area contributed by atoms with E-state index >= 15 is 0 Å². The van der Waals surface area contributed by atoms with Crippen molar-refractivity contribution in [2.24, 2.45) is 11.7 Å². The van der Waals surface area contributed by atoms with E-state index in [0.29, 0.717) is 6.54 Å². The molecule has 0 bridgehead atoms. The van der Waals surface area contributed by atoms with E-state index in [1.165, 1.54) is 0 Å². The molecule has 3 N–H and O–H groups in total. The normalized spacial score (nSPS) is 13.3. The van der Waals surface area contributed by atoms with E-state index in [1.807, 2.05) is 32.0 Å². The lowest BCUT2D eigenvalue weighted by Crippen LogP contribution is -2.44. The van der Waals surface area contributed by atoms with Gasteiger partial charge in [-0.2, -0.15) is 0 Å². The SMILES string of the molecule is CCC(C)C(N)C(=O)NCCCc1ccc(OC)c(OC)c1. The smallest absolute Gasteiger partial charge is 0.237 e. The molecule has 0 aliphatic rings. The van der Waals surface area contributed by atoms with Crippen LogP contribution in [0.4, 0.5) is 0 Å². The van der Waals surface area contributed by atoms with Gasteiger partial charge in [0.1, 0.15) is 0 Å². The molecule has 1 amide bonds. The molecule has 0 saturated heterocycles. The summed E-state index contributed by atoms with van der Waals surface area (Å²) in [6, 6.07) is 5.44. The molecule has 0 aliphatic heterocycles. The Labute approximate surface area is 133 Å². The van der Waals surface area contributed by atoms with E-state index in [-0.39, 0.29) is 11.8 Å². The Morgan fingerprint density at radius 1 is 1.27 bits per heavy atom. The van der Waals surface area contributed by atoms with E-state index in [1.54, 1.807) is 14.2 Å². The minimum atomic E-state index is -0.425. The van der Waals surface area contributed by atoms with Crippen LogP contribution in [0.25, 0.3) is 0 Å². The highest BCUT2D eigenvalue weighted by molar-refractivity contribution is 5.81.